The molecule has 0 bridgehead atoms. The molecule has 1 amide bonds. The fraction of sp³-hybridized carbons (Fsp3) is 0.368. The summed E-state index contributed by atoms with van der Waals surface area (Å²) < 4.78 is 5.05. The molecule has 5 heteroatoms. The van der Waals surface area contributed by atoms with Gasteiger partial charge in [-0.15, -0.1) is 0 Å². The van der Waals surface area contributed by atoms with Crippen molar-refractivity contribution < 1.29 is 9.53 Å². The average molecular weight is 325 g/mol. The highest BCUT2D eigenvalue weighted by Crippen LogP contribution is 2.19. The summed E-state index contributed by atoms with van der Waals surface area (Å²) in [5, 5.41) is 0. The van der Waals surface area contributed by atoms with E-state index in [0.29, 0.717) is 11.4 Å². The number of amides is 1. The maximum absolute atomic E-state index is 12.7. The van der Waals surface area contributed by atoms with Gasteiger partial charge in [-0.25, -0.2) is 4.98 Å². The summed E-state index contributed by atoms with van der Waals surface area (Å²) >= 11 is 0. The summed E-state index contributed by atoms with van der Waals surface area (Å²) in [6.07, 6.45) is 4.18. The number of nitrogens with zero attached hydrogens (tertiary/aromatic N) is 3. The Morgan fingerprint density at radius 3 is 2.71 bits per heavy atom. The van der Waals surface area contributed by atoms with Crippen molar-refractivity contribution in [2.75, 3.05) is 32.1 Å². The molecule has 1 aromatic carbocycles. The number of anilines is 1. The lowest BCUT2D eigenvalue weighted by molar-refractivity contribution is 0.0992. The molecule has 0 N–H and O–H groups in total. The average Bonchev–Trinajstić information content (AvgIpc) is 3.14. The zero-order valence-corrected chi connectivity index (χ0v) is 14.2. The van der Waals surface area contributed by atoms with Gasteiger partial charge in [0.25, 0.3) is 5.91 Å². The lowest BCUT2D eigenvalue weighted by Gasteiger charge is -2.19. The predicted octanol–water partition coefficient (Wildman–Crippen LogP) is 2.96. The first-order valence-electron chi connectivity index (χ1n) is 8.27. The zero-order valence-electron chi connectivity index (χ0n) is 14.2. The molecule has 1 aromatic heterocycles. The van der Waals surface area contributed by atoms with Crippen LogP contribution in [0.15, 0.2) is 42.6 Å². The number of methoxy groups -OCH3 is 1. The molecule has 1 aliphatic heterocycles. The molecule has 0 spiro atoms. The van der Waals surface area contributed by atoms with E-state index in [9.17, 15) is 4.79 Å². The van der Waals surface area contributed by atoms with Gasteiger partial charge < -0.3 is 9.64 Å². The van der Waals surface area contributed by atoms with E-state index in [2.05, 4.69) is 16.0 Å². The lowest BCUT2D eigenvalue weighted by atomic mass is 10.1. The van der Waals surface area contributed by atoms with Gasteiger partial charge in [0.2, 0.25) is 5.88 Å². The normalized spacial score (nSPS) is 14.6. The lowest BCUT2D eigenvalue weighted by Crippen LogP contribution is -2.26. The van der Waals surface area contributed by atoms with Crippen molar-refractivity contribution in [2.45, 2.75) is 19.4 Å². The molecule has 0 radical (unpaired) electrons. The Bertz CT molecular complexity index is 694. The van der Waals surface area contributed by atoms with Crippen molar-refractivity contribution in [3.8, 4) is 5.88 Å². The third-order valence-electron chi connectivity index (χ3n) is 4.40. The van der Waals surface area contributed by atoms with Gasteiger partial charge in [-0.2, -0.15) is 0 Å². The number of rotatable bonds is 5. The highest BCUT2D eigenvalue weighted by Gasteiger charge is 2.16. The number of carbonyl (C=O) groups excluding carboxylic acids is 1. The smallest absolute Gasteiger partial charge is 0.258 e. The van der Waals surface area contributed by atoms with Gasteiger partial charge in [-0.3, -0.25) is 9.69 Å². The summed E-state index contributed by atoms with van der Waals surface area (Å²) in [5.74, 6) is 0.498. The molecular formula is C19H23N3O2. The van der Waals surface area contributed by atoms with E-state index in [1.54, 1.807) is 31.3 Å². The van der Waals surface area contributed by atoms with Crippen molar-refractivity contribution in [3.63, 3.8) is 0 Å². The van der Waals surface area contributed by atoms with E-state index < -0.39 is 0 Å². The van der Waals surface area contributed by atoms with Gasteiger partial charge in [-0.05, 0) is 49.7 Å². The van der Waals surface area contributed by atoms with E-state index in [1.165, 1.54) is 18.4 Å². The molecule has 1 fully saturated rings. The molecular weight excluding hydrogens is 302 g/mol. The SMILES string of the molecule is COc1ccc(N(C)C(=O)c2cccc(CN3CCCC3)c2)cn1. The summed E-state index contributed by atoms with van der Waals surface area (Å²) in [6, 6.07) is 11.5. The topological polar surface area (TPSA) is 45.7 Å². The molecule has 0 aliphatic carbocycles. The second-order valence-corrected chi connectivity index (χ2v) is 6.11. The van der Waals surface area contributed by atoms with Gasteiger partial charge in [0.05, 0.1) is 19.0 Å². The molecule has 5 nitrogen and oxygen atoms in total. The molecule has 126 valence electrons. The van der Waals surface area contributed by atoms with Gasteiger partial charge in [-0.1, -0.05) is 12.1 Å². The molecule has 1 aliphatic rings. The van der Waals surface area contributed by atoms with Crippen molar-refractivity contribution >= 4 is 11.6 Å². The second-order valence-electron chi connectivity index (χ2n) is 6.11. The minimum absolute atomic E-state index is 0.0368. The van der Waals surface area contributed by atoms with E-state index in [1.807, 2.05) is 24.3 Å². The fourth-order valence-electron chi connectivity index (χ4n) is 3.00. The van der Waals surface area contributed by atoms with E-state index >= 15 is 0 Å². The van der Waals surface area contributed by atoms with Crippen LogP contribution >= 0.6 is 0 Å². The van der Waals surface area contributed by atoms with Crippen molar-refractivity contribution in [2.24, 2.45) is 0 Å². The third kappa shape index (κ3) is 3.74. The van der Waals surface area contributed by atoms with Crippen LogP contribution in [0.25, 0.3) is 0 Å². The van der Waals surface area contributed by atoms with Crippen LogP contribution in [-0.2, 0) is 6.54 Å². The molecule has 24 heavy (non-hydrogen) atoms. The minimum atomic E-state index is -0.0368. The number of pyridine rings is 1. The van der Waals surface area contributed by atoms with Gasteiger partial charge in [0.1, 0.15) is 0 Å². The maximum atomic E-state index is 12.7. The van der Waals surface area contributed by atoms with E-state index in [0.717, 1.165) is 25.3 Å². The number of hydrogen-bond donors (Lipinski definition) is 0. The van der Waals surface area contributed by atoms with Crippen LogP contribution in [0.3, 0.4) is 0 Å². The predicted molar refractivity (Wildman–Crippen MR) is 94.5 cm³/mol. The molecule has 2 heterocycles. The monoisotopic (exact) mass is 325 g/mol. The van der Waals surface area contributed by atoms with Crippen molar-refractivity contribution in [1.29, 1.82) is 0 Å². The van der Waals surface area contributed by atoms with Crippen molar-refractivity contribution in [1.82, 2.24) is 9.88 Å². The Morgan fingerprint density at radius 2 is 2.04 bits per heavy atom. The Morgan fingerprint density at radius 1 is 1.25 bits per heavy atom. The van der Waals surface area contributed by atoms with E-state index in [4.69, 9.17) is 4.74 Å². The highest BCUT2D eigenvalue weighted by atomic mass is 16.5. The molecule has 0 unspecified atom stereocenters. The zero-order chi connectivity index (χ0) is 16.9. The third-order valence-corrected chi connectivity index (χ3v) is 4.40. The summed E-state index contributed by atoms with van der Waals surface area (Å²) in [5.41, 5.74) is 2.62. The quantitative estimate of drug-likeness (QED) is 0.848. The summed E-state index contributed by atoms with van der Waals surface area (Å²) in [6.45, 7) is 3.21. The largest absolute Gasteiger partial charge is 0.481 e. The van der Waals surface area contributed by atoms with Gasteiger partial charge >= 0.3 is 0 Å². The van der Waals surface area contributed by atoms with Crippen LogP contribution in [0.5, 0.6) is 5.88 Å². The highest BCUT2D eigenvalue weighted by molar-refractivity contribution is 6.05. The molecule has 0 saturated carbocycles. The Balaban J connectivity index is 1.73. The summed E-state index contributed by atoms with van der Waals surface area (Å²) in [4.78, 5) is 20.9. The van der Waals surface area contributed by atoms with Crippen LogP contribution in [-0.4, -0.2) is 43.0 Å². The van der Waals surface area contributed by atoms with Gasteiger partial charge in [0.15, 0.2) is 0 Å². The van der Waals surface area contributed by atoms with Crippen LogP contribution < -0.4 is 9.64 Å². The number of ether oxygens (including phenoxy) is 1. The standard InChI is InChI=1S/C19H23N3O2/c1-21(17-8-9-18(24-2)20-13-17)19(23)16-7-5-6-15(12-16)14-22-10-3-4-11-22/h5-9,12-13H,3-4,10-11,14H2,1-2H3. The molecule has 3 rings (SSSR count). The number of carbonyl (C=O) groups is 1. The van der Waals surface area contributed by atoms with Gasteiger partial charge in [0, 0.05) is 25.2 Å². The Kier molecular flexibility index (Phi) is 5.11. The molecule has 1 saturated heterocycles. The number of benzene rings is 1. The first-order chi connectivity index (χ1) is 11.7. The Hall–Kier alpha value is -2.40. The summed E-state index contributed by atoms with van der Waals surface area (Å²) in [7, 11) is 3.34. The van der Waals surface area contributed by atoms with Crippen LogP contribution in [0.2, 0.25) is 0 Å². The van der Waals surface area contributed by atoms with Crippen molar-refractivity contribution in [3.05, 3.63) is 53.7 Å². The van der Waals surface area contributed by atoms with Crippen LogP contribution in [0.4, 0.5) is 5.69 Å². The van der Waals surface area contributed by atoms with Crippen LogP contribution in [0, 0.1) is 0 Å². The number of likely N-dealkylation sites (tertiary alicyclic amines) is 1. The molecule has 0 atom stereocenters. The second kappa shape index (κ2) is 7.45. The van der Waals surface area contributed by atoms with Crippen LogP contribution in [0.1, 0.15) is 28.8 Å². The number of aromatic nitrogens is 1. The minimum Gasteiger partial charge on any atom is -0.481 e. The first-order valence-corrected chi connectivity index (χ1v) is 8.27. The Labute approximate surface area is 142 Å². The molecule has 2 aromatic rings. The number of hydrogen-bond acceptors (Lipinski definition) is 4. The fourth-order valence-corrected chi connectivity index (χ4v) is 3.00. The maximum Gasteiger partial charge on any atom is 0.258 e. The van der Waals surface area contributed by atoms with E-state index in [-0.39, 0.29) is 5.91 Å². The first kappa shape index (κ1) is 16.5.